The fourth-order valence-corrected chi connectivity index (χ4v) is 3.72. The molecule has 0 aromatic rings. The highest BCUT2D eigenvalue weighted by Crippen LogP contribution is 2.29. The van der Waals surface area contributed by atoms with E-state index >= 15 is 0 Å². The number of alkyl carbamates (subject to hydrolysis) is 1. The molecule has 2 aliphatic carbocycles. The van der Waals surface area contributed by atoms with Crippen LogP contribution in [-0.4, -0.2) is 24.6 Å². The van der Waals surface area contributed by atoms with Crippen LogP contribution in [0.5, 0.6) is 0 Å². The highest BCUT2D eigenvalue weighted by atomic mass is 16.5. The molecule has 2 amide bonds. The van der Waals surface area contributed by atoms with Crippen molar-refractivity contribution < 1.29 is 14.3 Å². The van der Waals surface area contributed by atoms with Crippen molar-refractivity contribution in [2.24, 2.45) is 5.92 Å². The van der Waals surface area contributed by atoms with Crippen molar-refractivity contribution in [2.75, 3.05) is 6.61 Å². The van der Waals surface area contributed by atoms with E-state index in [4.69, 9.17) is 4.74 Å². The predicted molar refractivity (Wildman–Crippen MR) is 104 cm³/mol. The van der Waals surface area contributed by atoms with Gasteiger partial charge in [0, 0.05) is 18.7 Å². The third-order valence-corrected chi connectivity index (χ3v) is 5.20. The smallest absolute Gasteiger partial charge is 0.411 e. The Bertz CT molecular complexity index is 529. The summed E-state index contributed by atoms with van der Waals surface area (Å²) in [5.41, 5.74) is 2.52. The third-order valence-electron chi connectivity index (χ3n) is 5.20. The molecule has 0 heterocycles. The van der Waals surface area contributed by atoms with Crippen LogP contribution in [0.2, 0.25) is 0 Å². The van der Waals surface area contributed by atoms with Crippen LogP contribution < -0.4 is 10.6 Å². The molecule has 0 spiro atoms. The first kappa shape index (κ1) is 20.5. The largest absolute Gasteiger partial charge is 0.449 e. The lowest BCUT2D eigenvalue weighted by molar-refractivity contribution is -0.119. The monoisotopic (exact) mass is 362 g/mol. The second-order valence-corrected chi connectivity index (χ2v) is 7.53. The summed E-state index contributed by atoms with van der Waals surface area (Å²) < 4.78 is 5.20. The van der Waals surface area contributed by atoms with Gasteiger partial charge in [0.05, 0.1) is 6.61 Å². The molecular formula is C21H34N2O3. The van der Waals surface area contributed by atoms with Crippen LogP contribution in [-0.2, 0) is 9.53 Å². The summed E-state index contributed by atoms with van der Waals surface area (Å²) in [4.78, 5) is 22.9. The van der Waals surface area contributed by atoms with Gasteiger partial charge < -0.3 is 10.1 Å². The lowest BCUT2D eigenvalue weighted by atomic mass is 9.85. The van der Waals surface area contributed by atoms with Crippen molar-refractivity contribution in [1.29, 1.82) is 0 Å². The van der Waals surface area contributed by atoms with Gasteiger partial charge >= 0.3 is 6.09 Å². The van der Waals surface area contributed by atoms with E-state index in [1.54, 1.807) is 6.92 Å². The third kappa shape index (κ3) is 7.63. The fourth-order valence-electron chi connectivity index (χ4n) is 3.72. The summed E-state index contributed by atoms with van der Waals surface area (Å²) in [6.45, 7) is 4.22. The first-order chi connectivity index (χ1) is 12.6. The van der Waals surface area contributed by atoms with Crippen LogP contribution in [0.4, 0.5) is 4.79 Å². The van der Waals surface area contributed by atoms with Gasteiger partial charge in [0.15, 0.2) is 0 Å². The molecule has 146 valence electrons. The topological polar surface area (TPSA) is 67.4 Å². The summed E-state index contributed by atoms with van der Waals surface area (Å²) in [6, 6.07) is 0.343. The molecule has 26 heavy (non-hydrogen) atoms. The quantitative estimate of drug-likeness (QED) is 0.514. The Morgan fingerprint density at radius 2 is 1.96 bits per heavy atom. The van der Waals surface area contributed by atoms with Gasteiger partial charge in [-0.3, -0.25) is 10.1 Å². The van der Waals surface area contributed by atoms with Crippen molar-refractivity contribution in [1.82, 2.24) is 10.6 Å². The van der Waals surface area contributed by atoms with Crippen molar-refractivity contribution in [3.63, 3.8) is 0 Å². The zero-order valence-corrected chi connectivity index (χ0v) is 16.3. The number of ether oxygens (including phenoxy) is 1. The van der Waals surface area contributed by atoms with E-state index in [-0.39, 0.29) is 12.0 Å². The van der Waals surface area contributed by atoms with Crippen LogP contribution >= 0.6 is 0 Å². The number of allylic oxidation sites excluding steroid dienone is 4. The number of amides is 2. The van der Waals surface area contributed by atoms with Gasteiger partial charge in [-0.1, -0.05) is 37.5 Å². The van der Waals surface area contributed by atoms with Crippen molar-refractivity contribution in [3.05, 3.63) is 23.4 Å². The summed E-state index contributed by atoms with van der Waals surface area (Å²) in [6.07, 6.45) is 14.6. The number of unbranched alkanes of at least 4 members (excludes halogenated alkanes) is 2. The maximum Gasteiger partial charge on any atom is 0.411 e. The molecule has 1 atom stereocenters. The Morgan fingerprint density at radius 3 is 2.58 bits per heavy atom. The number of carbonyl (C=O) groups is 2. The zero-order chi connectivity index (χ0) is 18.8. The molecule has 0 aromatic carbocycles. The van der Waals surface area contributed by atoms with E-state index in [1.807, 2.05) is 0 Å². The van der Waals surface area contributed by atoms with Crippen molar-refractivity contribution in [2.45, 2.75) is 84.1 Å². The van der Waals surface area contributed by atoms with E-state index in [1.165, 1.54) is 5.57 Å². The number of carbonyl (C=O) groups excluding carboxylic acids is 2. The van der Waals surface area contributed by atoms with Crippen LogP contribution in [0.3, 0.4) is 0 Å². The Hall–Kier alpha value is -1.78. The maximum atomic E-state index is 11.8. The highest BCUT2D eigenvalue weighted by Gasteiger charge is 2.20. The summed E-state index contributed by atoms with van der Waals surface area (Å²) in [5, 5.41) is 5.91. The van der Waals surface area contributed by atoms with Gasteiger partial charge in [-0.25, -0.2) is 4.79 Å². The van der Waals surface area contributed by atoms with Gasteiger partial charge in [0.25, 0.3) is 0 Å². The molecule has 1 saturated carbocycles. The molecule has 5 heteroatoms. The SMILES string of the molecule is CCCCCOC(=O)NC1=CCC(C=C2CCC(NC(C)=O)CC2)CC1. The van der Waals surface area contributed by atoms with Gasteiger partial charge in [0.1, 0.15) is 0 Å². The molecule has 0 aliphatic heterocycles. The molecule has 1 unspecified atom stereocenters. The second-order valence-electron chi connectivity index (χ2n) is 7.53. The van der Waals surface area contributed by atoms with Crippen LogP contribution in [0.15, 0.2) is 23.4 Å². The molecule has 0 aromatic heterocycles. The van der Waals surface area contributed by atoms with Crippen molar-refractivity contribution >= 4 is 12.0 Å². The summed E-state index contributed by atoms with van der Waals surface area (Å²) in [7, 11) is 0. The van der Waals surface area contributed by atoms with Gasteiger partial charge in [-0.2, -0.15) is 0 Å². The van der Waals surface area contributed by atoms with E-state index in [2.05, 4.69) is 29.7 Å². The molecule has 2 rings (SSSR count). The minimum atomic E-state index is -0.319. The second kappa shape index (κ2) is 11.0. The summed E-state index contributed by atoms with van der Waals surface area (Å²) >= 11 is 0. The summed E-state index contributed by atoms with van der Waals surface area (Å²) in [5.74, 6) is 0.636. The predicted octanol–water partition coefficient (Wildman–Crippen LogP) is 4.59. The minimum Gasteiger partial charge on any atom is -0.449 e. The van der Waals surface area contributed by atoms with E-state index in [9.17, 15) is 9.59 Å². The minimum absolute atomic E-state index is 0.0729. The molecule has 1 fully saturated rings. The number of hydrogen-bond acceptors (Lipinski definition) is 3. The molecule has 5 nitrogen and oxygen atoms in total. The van der Waals surface area contributed by atoms with Crippen molar-refractivity contribution in [3.8, 4) is 0 Å². The number of hydrogen-bond donors (Lipinski definition) is 2. The lowest BCUT2D eigenvalue weighted by Crippen LogP contribution is -2.34. The van der Waals surface area contributed by atoms with E-state index in [0.717, 1.165) is 69.9 Å². The highest BCUT2D eigenvalue weighted by molar-refractivity contribution is 5.73. The van der Waals surface area contributed by atoms with Crippen LogP contribution in [0, 0.1) is 5.92 Å². The molecule has 0 saturated heterocycles. The molecule has 2 aliphatic rings. The lowest BCUT2D eigenvalue weighted by Gasteiger charge is -2.26. The van der Waals surface area contributed by atoms with Crippen LogP contribution in [0.25, 0.3) is 0 Å². The Kier molecular flexibility index (Phi) is 8.72. The molecule has 2 N–H and O–H groups in total. The number of rotatable bonds is 7. The molecular weight excluding hydrogens is 328 g/mol. The average Bonchev–Trinajstić information content (AvgIpc) is 2.62. The molecule has 0 radical (unpaired) electrons. The molecule has 0 bridgehead atoms. The Balaban J connectivity index is 1.69. The zero-order valence-electron chi connectivity index (χ0n) is 16.3. The maximum absolute atomic E-state index is 11.8. The first-order valence-corrected chi connectivity index (χ1v) is 10.2. The Morgan fingerprint density at radius 1 is 1.19 bits per heavy atom. The van der Waals surface area contributed by atoms with Gasteiger partial charge in [-0.05, 0) is 57.3 Å². The van der Waals surface area contributed by atoms with Crippen LogP contribution in [0.1, 0.15) is 78.1 Å². The Labute approximate surface area is 157 Å². The van der Waals surface area contributed by atoms with Gasteiger partial charge in [-0.15, -0.1) is 0 Å². The number of nitrogens with one attached hydrogen (secondary N) is 2. The normalized spacial score (nSPS) is 23.0. The standard InChI is InChI=1S/C21H34N2O3/c1-3-4-5-14-26-21(25)23-20-12-8-18(9-13-20)15-17-6-10-19(11-7-17)22-16(2)24/h12,15,18-19H,3-11,13-14H2,1-2H3,(H,22,24)(H,23,25). The average molecular weight is 363 g/mol. The van der Waals surface area contributed by atoms with Gasteiger partial charge in [0.2, 0.25) is 5.91 Å². The van der Waals surface area contributed by atoms with E-state index < -0.39 is 0 Å². The van der Waals surface area contributed by atoms with E-state index in [0.29, 0.717) is 18.6 Å². The fraction of sp³-hybridized carbons (Fsp3) is 0.714. The first-order valence-electron chi connectivity index (χ1n) is 10.2.